The van der Waals surface area contributed by atoms with Crippen molar-refractivity contribution >= 4 is 5.69 Å². The first-order chi connectivity index (χ1) is 6.50. The molecule has 1 aromatic carbocycles. The van der Waals surface area contributed by atoms with E-state index >= 15 is 0 Å². The van der Waals surface area contributed by atoms with Crippen molar-refractivity contribution in [2.75, 3.05) is 19.0 Å². The summed E-state index contributed by atoms with van der Waals surface area (Å²) in [7, 11) is 3.95. The van der Waals surface area contributed by atoms with E-state index < -0.39 is 0 Å². The Morgan fingerprint density at radius 1 is 1.43 bits per heavy atom. The van der Waals surface area contributed by atoms with E-state index in [1.54, 1.807) is 6.07 Å². The van der Waals surface area contributed by atoms with Gasteiger partial charge in [0.25, 0.3) is 0 Å². The molecule has 0 saturated heterocycles. The third kappa shape index (κ3) is 2.64. The Hall–Kier alpha value is -1.22. The predicted octanol–water partition coefficient (Wildman–Crippen LogP) is 1.35. The molecule has 3 nitrogen and oxygen atoms in total. The van der Waals surface area contributed by atoms with Crippen LogP contribution in [0.25, 0.3) is 0 Å². The number of phenols is 1. The number of hydrogen-bond donors (Lipinski definition) is 2. The van der Waals surface area contributed by atoms with Gasteiger partial charge in [-0.15, -0.1) is 0 Å². The van der Waals surface area contributed by atoms with Crippen LogP contribution in [0.1, 0.15) is 12.5 Å². The van der Waals surface area contributed by atoms with Gasteiger partial charge < -0.3 is 15.7 Å². The van der Waals surface area contributed by atoms with E-state index in [4.69, 9.17) is 5.73 Å². The fourth-order valence-electron chi connectivity index (χ4n) is 1.36. The summed E-state index contributed by atoms with van der Waals surface area (Å²) in [6, 6.07) is 5.64. The van der Waals surface area contributed by atoms with Crippen LogP contribution >= 0.6 is 0 Å². The molecule has 0 aromatic heterocycles. The molecule has 1 atom stereocenters. The van der Waals surface area contributed by atoms with Gasteiger partial charge in [-0.3, -0.25) is 0 Å². The van der Waals surface area contributed by atoms with Gasteiger partial charge in [0, 0.05) is 25.8 Å². The number of hydrogen-bond acceptors (Lipinski definition) is 3. The van der Waals surface area contributed by atoms with Crippen LogP contribution in [0.5, 0.6) is 5.75 Å². The molecule has 0 aliphatic carbocycles. The molecule has 0 aliphatic heterocycles. The summed E-state index contributed by atoms with van der Waals surface area (Å²) in [5, 5.41) is 9.59. The zero-order chi connectivity index (χ0) is 10.7. The first kappa shape index (κ1) is 10.9. The highest BCUT2D eigenvalue weighted by molar-refractivity contribution is 5.52. The molecule has 0 aliphatic rings. The molecule has 0 heterocycles. The summed E-state index contributed by atoms with van der Waals surface area (Å²) in [6.45, 7) is 1.93. The number of nitrogens with zero attached hydrogens (tertiary/aromatic N) is 1. The summed E-state index contributed by atoms with van der Waals surface area (Å²) in [4.78, 5) is 2.00. The van der Waals surface area contributed by atoms with E-state index in [1.807, 2.05) is 38.1 Å². The molecular formula is C11H18N2O. The Balaban J connectivity index is 2.96. The first-order valence-corrected chi connectivity index (χ1v) is 4.75. The lowest BCUT2D eigenvalue weighted by atomic mass is 10.1. The monoisotopic (exact) mass is 194 g/mol. The molecule has 0 fully saturated rings. The average molecular weight is 194 g/mol. The van der Waals surface area contributed by atoms with Crippen LogP contribution < -0.4 is 10.6 Å². The Labute approximate surface area is 85.2 Å². The largest absolute Gasteiger partial charge is 0.508 e. The highest BCUT2D eigenvalue weighted by Crippen LogP contribution is 2.23. The van der Waals surface area contributed by atoms with Crippen LogP contribution in [0.3, 0.4) is 0 Å². The molecule has 78 valence electrons. The van der Waals surface area contributed by atoms with E-state index in [0.29, 0.717) is 12.2 Å². The van der Waals surface area contributed by atoms with Gasteiger partial charge in [0.1, 0.15) is 5.75 Å². The number of nitrogens with two attached hydrogens (primary N) is 1. The van der Waals surface area contributed by atoms with Crippen molar-refractivity contribution in [3.05, 3.63) is 23.8 Å². The number of aromatic hydroxyl groups is 1. The molecule has 0 amide bonds. The molecule has 1 aromatic rings. The molecule has 3 heteroatoms. The fourth-order valence-corrected chi connectivity index (χ4v) is 1.36. The van der Waals surface area contributed by atoms with Crippen molar-refractivity contribution in [1.29, 1.82) is 0 Å². The standard InChI is InChI=1S/C11H18N2O/c1-8(12)6-9-7-10(13(2)3)4-5-11(9)14/h4-5,7-8,14H,6,12H2,1-3H3. The highest BCUT2D eigenvalue weighted by atomic mass is 16.3. The van der Waals surface area contributed by atoms with Crippen LogP contribution in [-0.2, 0) is 6.42 Å². The SMILES string of the molecule is CC(N)Cc1cc(N(C)C)ccc1O. The second-order valence-corrected chi connectivity index (χ2v) is 3.89. The van der Waals surface area contributed by atoms with Crippen LogP contribution in [0.4, 0.5) is 5.69 Å². The van der Waals surface area contributed by atoms with Gasteiger partial charge >= 0.3 is 0 Å². The van der Waals surface area contributed by atoms with E-state index in [2.05, 4.69) is 0 Å². The molecule has 1 unspecified atom stereocenters. The maximum Gasteiger partial charge on any atom is 0.118 e. The lowest BCUT2D eigenvalue weighted by Gasteiger charge is -2.15. The summed E-state index contributed by atoms with van der Waals surface area (Å²) in [5.74, 6) is 0.327. The number of phenolic OH excluding ortho intramolecular Hbond substituents is 1. The van der Waals surface area contributed by atoms with Gasteiger partial charge in [-0.05, 0) is 37.1 Å². The molecule has 3 N–H and O–H groups in total. The van der Waals surface area contributed by atoms with Crippen LogP contribution in [0, 0.1) is 0 Å². The Morgan fingerprint density at radius 2 is 2.07 bits per heavy atom. The maximum absolute atomic E-state index is 9.59. The summed E-state index contributed by atoms with van der Waals surface area (Å²) in [5.41, 5.74) is 7.69. The Bertz CT molecular complexity index is 308. The van der Waals surface area contributed by atoms with Gasteiger partial charge in [0.2, 0.25) is 0 Å². The predicted molar refractivity (Wildman–Crippen MR) is 59.8 cm³/mol. The van der Waals surface area contributed by atoms with Crippen LogP contribution in [-0.4, -0.2) is 25.2 Å². The Kier molecular flexibility index (Phi) is 3.36. The van der Waals surface area contributed by atoms with E-state index in [1.165, 1.54) is 0 Å². The van der Waals surface area contributed by atoms with E-state index in [0.717, 1.165) is 11.3 Å². The summed E-state index contributed by atoms with van der Waals surface area (Å²) < 4.78 is 0. The molecule has 14 heavy (non-hydrogen) atoms. The average Bonchev–Trinajstić information content (AvgIpc) is 2.07. The minimum atomic E-state index is 0.0679. The molecule has 1 rings (SSSR count). The number of anilines is 1. The normalized spacial score (nSPS) is 12.6. The molecule has 0 spiro atoms. The van der Waals surface area contributed by atoms with Crippen molar-refractivity contribution in [2.45, 2.75) is 19.4 Å². The van der Waals surface area contributed by atoms with Gasteiger partial charge in [-0.1, -0.05) is 0 Å². The molecule has 0 saturated carbocycles. The topological polar surface area (TPSA) is 49.5 Å². The number of rotatable bonds is 3. The minimum Gasteiger partial charge on any atom is -0.508 e. The minimum absolute atomic E-state index is 0.0679. The lowest BCUT2D eigenvalue weighted by molar-refractivity contribution is 0.465. The molecule has 0 radical (unpaired) electrons. The van der Waals surface area contributed by atoms with Gasteiger partial charge in [-0.25, -0.2) is 0 Å². The quantitative estimate of drug-likeness (QED) is 0.763. The lowest BCUT2D eigenvalue weighted by Crippen LogP contribution is -2.18. The fraction of sp³-hybridized carbons (Fsp3) is 0.455. The van der Waals surface area contributed by atoms with Gasteiger partial charge in [-0.2, -0.15) is 0 Å². The van der Waals surface area contributed by atoms with E-state index in [-0.39, 0.29) is 6.04 Å². The summed E-state index contributed by atoms with van der Waals surface area (Å²) >= 11 is 0. The number of benzene rings is 1. The first-order valence-electron chi connectivity index (χ1n) is 4.75. The summed E-state index contributed by atoms with van der Waals surface area (Å²) in [6.07, 6.45) is 0.702. The zero-order valence-corrected chi connectivity index (χ0v) is 8.99. The van der Waals surface area contributed by atoms with Crippen molar-refractivity contribution in [1.82, 2.24) is 0 Å². The van der Waals surface area contributed by atoms with Gasteiger partial charge in [0.05, 0.1) is 0 Å². The van der Waals surface area contributed by atoms with Gasteiger partial charge in [0.15, 0.2) is 0 Å². The van der Waals surface area contributed by atoms with E-state index in [9.17, 15) is 5.11 Å². The Morgan fingerprint density at radius 3 is 2.57 bits per heavy atom. The van der Waals surface area contributed by atoms with Crippen molar-refractivity contribution in [2.24, 2.45) is 5.73 Å². The molecular weight excluding hydrogens is 176 g/mol. The highest BCUT2D eigenvalue weighted by Gasteiger charge is 2.06. The van der Waals surface area contributed by atoms with Crippen molar-refractivity contribution in [3.63, 3.8) is 0 Å². The zero-order valence-electron chi connectivity index (χ0n) is 8.99. The van der Waals surface area contributed by atoms with Crippen molar-refractivity contribution < 1.29 is 5.11 Å². The van der Waals surface area contributed by atoms with Crippen LogP contribution in [0.15, 0.2) is 18.2 Å². The van der Waals surface area contributed by atoms with Crippen LogP contribution in [0.2, 0.25) is 0 Å². The third-order valence-electron chi connectivity index (χ3n) is 2.12. The van der Waals surface area contributed by atoms with Crippen molar-refractivity contribution in [3.8, 4) is 5.75 Å². The second-order valence-electron chi connectivity index (χ2n) is 3.89. The third-order valence-corrected chi connectivity index (χ3v) is 2.12. The maximum atomic E-state index is 9.59. The molecule has 0 bridgehead atoms. The smallest absolute Gasteiger partial charge is 0.118 e. The second kappa shape index (κ2) is 4.33.